The molecule has 3 aromatic rings. The molecule has 0 radical (unpaired) electrons. The summed E-state index contributed by atoms with van der Waals surface area (Å²) in [6.07, 6.45) is 2.89. The lowest BCUT2D eigenvalue weighted by Crippen LogP contribution is -2.49. The molecule has 1 saturated heterocycles. The van der Waals surface area contributed by atoms with Crippen molar-refractivity contribution >= 4 is 40.3 Å². The minimum absolute atomic E-state index is 0.000142. The number of nitrogens with zero attached hydrogens (tertiary/aromatic N) is 2. The first-order valence-electron chi connectivity index (χ1n) is 11.3. The van der Waals surface area contributed by atoms with Gasteiger partial charge in [-0.1, -0.05) is 41.9 Å². The molecule has 1 aromatic heterocycles. The lowest BCUT2D eigenvalue weighted by molar-refractivity contribution is -0.139. The summed E-state index contributed by atoms with van der Waals surface area (Å²) in [5, 5.41) is 13.1. The molecule has 0 spiro atoms. The minimum atomic E-state index is -0.997. The fourth-order valence-electron chi connectivity index (χ4n) is 5.16. The van der Waals surface area contributed by atoms with Crippen molar-refractivity contribution in [3.05, 3.63) is 70.6 Å². The van der Waals surface area contributed by atoms with E-state index in [1.807, 2.05) is 12.1 Å². The summed E-state index contributed by atoms with van der Waals surface area (Å²) in [6.45, 7) is -0.525. The van der Waals surface area contributed by atoms with Crippen molar-refractivity contribution in [2.24, 2.45) is 11.7 Å². The predicted octanol–water partition coefficient (Wildman–Crippen LogP) is 2.74. The molecule has 0 bridgehead atoms. The monoisotopic (exact) mass is 498 g/mol. The first-order chi connectivity index (χ1) is 16.8. The highest BCUT2D eigenvalue weighted by molar-refractivity contribution is 6.30. The van der Waals surface area contributed by atoms with Crippen LogP contribution in [0, 0.1) is 11.7 Å². The van der Waals surface area contributed by atoms with Crippen LogP contribution in [0.3, 0.4) is 0 Å². The number of nitrogens with two attached hydrogens (primary N) is 1. The van der Waals surface area contributed by atoms with Crippen LogP contribution in [0.25, 0.3) is 10.9 Å². The fourth-order valence-corrected chi connectivity index (χ4v) is 5.34. The Bertz CT molecular complexity index is 1340. The highest BCUT2D eigenvalue weighted by atomic mass is 35.5. The maximum Gasteiger partial charge on any atom is 0.323 e. The van der Waals surface area contributed by atoms with E-state index in [1.165, 1.54) is 16.7 Å². The fraction of sp³-hybridized carbons (Fsp3) is 0.320. The molecule has 5 rings (SSSR count). The second kappa shape index (κ2) is 8.98. The van der Waals surface area contributed by atoms with Crippen LogP contribution in [0.4, 0.5) is 9.18 Å². The molecule has 3 amide bonds. The normalized spacial score (nSPS) is 21.6. The van der Waals surface area contributed by atoms with E-state index in [2.05, 4.69) is 5.32 Å². The molecule has 1 saturated carbocycles. The van der Waals surface area contributed by atoms with Crippen LogP contribution in [0.5, 0.6) is 0 Å². The Labute approximate surface area is 205 Å². The number of amides is 3. The van der Waals surface area contributed by atoms with E-state index in [1.54, 1.807) is 29.3 Å². The number of piperidine rings is 1. The zero-order chi connectivity index (χ0) is 24.9. The summed E-state index contributed by atoms with van der Waals surface area (Å²) >= 11 is 5.86. The number of carbonyl (C=O) groups is 3. The summed E-state index contributed by atoms with van der Waals surface area (Å²) in [7, 11) is 0. The van der Waals surface area contributed by atoms with Crippen molar-refractivity contribution in [1.82, 2.24) is 14.8 Å². The van der Waals surface area contributed by atoms with E-state index in [9.17, 15) is 23.9 Å². The maximum absolute atomic E-state index is 14.5. The molecular weight excluding hydrogens is 475 g/mol. The Kier molecular flexibility index (Phi) is 5.98. The van der Waals surface area contributed by atoms with E-state index in [0.29, 0.717) is 17.5 Å². The Morgan fingerprint density at radius 2 is 1.94 bits per heavy atom. The number of para-hydroxylation sites is 1. The van der Waals surface area contributed by atoms with E-state index < -0.39 is 36.4 Å². The van der Waals surface area contributed by atoms with Crippen molar-refractivity contribution in [2.45, 2.75) is 37.4 Å². The second-order valence-corrected chi connectivity index (χ2v) is 9.47. The highest BCUT2D eigenvalue weighted by Gasteiger charge is 2.56. The Morgan fingerprint density at radius 1 is 1.17 bits per heavy atom. The summed E-state index contributed by atoms with van der Waals surface area (Å²) in [5.41, 5.74) is 6.81. The molecule has 2 heterocycles. The lowest BCUT2D eigenvalue weighted by atomic mass is 10.0. The van der Waals surface area contributed by atoms with Crippen molar-refractivity contribution in [2.75, 3.05) is 6.61 Å². The number of likely N-dealkylation sites (tertiary alicyclic amines) is 1. The number of hydrogen-bond acceptors (Lipinski definition) is 4. The summed E-state index contributed by atoms with van der Waals surface area (Å²) in [4.78, 5) is 40.0. The molecule has 10 heteroatoms. The van der Waals surface area contributed by atoms with Crippen LogP contribution >= 0.6 is 11.6 Å². The molecule has 1 unspecified atom stereocenters. The second-order valence-electron chi connectivity index (χ2n) is 9.06. The van der Waals surface area contributed by atoms with Gasteiger partial charge >= 0.3 is 6.03 Å². The van der Waals surface area contributed by atoms with Gasteiger partial charge in [-0.3, -0.25) is 14.2 Å². The van der Waals surface area contributed by atoms with Gasteiger partial charge in [0.05, 0.1) is 29.6 Å². The SMILES string of the molecule is NC(=O)n1cc(CC(=O)N2[C@@H]3C[C@@H]3C[C@H]2C(=O)NC(CO)c2cccc(Cl)c2F)c2ccccc21. The Morgan fingerprint density at radius 3 is 2.69 bits per heavy atom. The van der Waals surface area contributed by atoms with Gasteiger partial charge in [-0.25, -0.2) is 9.18 Å². The Hall–Kier alpha value is -3.43. The average molecular weight is 499 g/mol. The first kappa shape index (κ1) is 23.3. The largest absolute Gasteiger partial charge is 0.394 e. The number of carbonyl (C=O) groups excluding carboxylic acids is 3. The van der Waals surface area contributed by atoms with E-state index >= 15 is 0 Å². The van der Waals surface area contributed by atoms with Crippen molar-refractivity contribution in [3.8, 4) is 0 Å². The quantitative estimate of drug-likeness (QED) is 0.484. The van der Waals surface area contributed by atoms with Crippen molar-refractivity contribution in [1.29, 1.82) is 0 Å². The summed E-state index contributed by atoms with van der Waals surface area (Å²) in [6, 6.07) is 9.13. The van der Waals surface area contributed by atoms with Crippen LogP contribution in [-0.2, 0) is 16.0 Å². The van der Waals surface area contributed by atoms with Gasteiger partial charge in [0.25, 0.3) is 0 Å². The molecule has 4 atom stereocenters. The highest BCUT2D eigenvalue weighted by Crippen LogP contribution is 2.48. The van der Waals surface area contributed by atoms with Gasteiger partial charge in [-0.15, -0.1) is 0 Å². The van der Waals surface area contributed by atoms with E-state index in [-0.39, 0.29) is 34.9 Å². The molecule has 35 heavy (non-hydrogen) atoms. The van der Waals surface area contributed by atoms with Gasteiger partial charge in [0.2, 0.25) is 11.8 Å². The predicted molar refractivity (Wildman–Crippen MR) is 127 cm³/mol. The molecule has 8 nitrogen and oxygen atoms in total. The molecule has 2 fully saturated rings. The lowest BCUT2D eigenvalue weighted by Gasteiger charge is -2.28. The minimum Gasteiger partial charge on any atom is -0.394 e. The third-order valence-corrected chi connectivity index (χ3v) is 7.22. The number of aliphatic hydroxyl groups is 1. The standard InChI is InChI=1S/C25H24ClFN4O4/c26-17-6-3-5-16(23(17)27)18(12-32)29-24(34)21-9-13-8-20(13)31(21)22(33)10-14-11-30(25(28)35)19-7-2-1-4-15(14)19/h1-7,11,13,18,20-21,32H,8-10,12H2,(H2,28,35)(H,29,34)/t13-,18?,20-,21+/m1/s1. The van der Waals surface area contributed by atoms with Gasteiger partial charge in [-0.05, 0) is 36.5 Å². The number of nitrogens with one attached hydrogen (secondary N) is 1. The van der Waals surface area contributed by atoms with Gasteiger partial charge < -0.3 is 21.1 Å². The number of benzene rings is 2. The smallest absolute Gasteiger partial charge is 0.323 e. The third kappa shape index (κ3) is 4.15. The van der Waals surface area contributed by atoms with Gasteiger partial charge in [-0.2, -0.15) is 0 Å². The van der Waals surface area contributed by atoms with Gasteiger partial charge in [0.1, 0.15) is 11.9 Å². The maximum atomic E-state index is 14.5. The number of aromatic nitrogens is 1. The number of primary amides is 1. The summed E-state index contributed by atoms with van der Waals surface area (Å²) < 4.78 is 15.8. The van der Waals surface area contributed by atoms with E-state index in [0.717, 1.165) is 11.8 Å². The molecule has 2 aromatic carbocycles. The molecule has 1 aliphatic carbocycles. The summed E-state index contributed by atoms with van der Waals surface area (Å²) in [5.74, 6) is -1.17. The van der Waals surface area contributed by atoms with Crippen LogP contribution in [0.15, 0.2) is 48.7 Å². The van der Waals surface area contributed by atoms with Crippen LogP contribution in [-0.4, -0.2) is 51.1 Å². The zero-order valence-electron chi connectivity index (χ0n) is 18.7. The van der Waals surface area contributed by atoms with Crippen molar-refractivity contribution in [3.63, 3.8) is 0 Å². The zero-order valence-corrected chi connectivity index (χ0v) is 19.4. The molecule has 4 N–H and O–H groups in total. The van der Waals surface area contributed by atoms with Crippen LogP contribution < -0.4 is 11.1 Å². The molecule has 182 valence electrons. The Balaban J connectivity index is 1.36. The number of fused-ring (bicyclic) bond motifs is 2. The molecular formula is C25H24ClFN4O4. The van der Waals surface area contributed by atoms with E-state index in [4.69, 9.17) is 17.3 Å². The van der Waals surface area contributed by atoms with Gasteiger partial charge in [0, 0.05) is 23.2 Å². The van der Waals surface area contributed by atoms with Crippen molar-refractivity contribution < 1.29 is 23.9 Å². The number of halogens is 2. The topological polar surface area (TPSA) is 118 Å². The van der Waals surface area contributed by atoms with Crippen LogP contribution in [0.1, 0.15) is 30.0 Å². The van der Waals surface area contributed by atoms with Crippen LogP contribution in [0.2, 0.25) is 5.02 Å². The molecule has 2 aliphatic rings. The first-order valence-corrected chi connectivity index (χ1v) is 11.7. The molecule has 1 aliphatic heterocycles. The number of rotatable bonds is 6. The average Bonchev–Trinajstić information content (AvgIpc) is 3.34. The number of hydrogen-bond donors (Lipinski definition) is 3. The third-order valence-electron chi connectivity index (χ3n) is 6.92. The van der Waals surface area contributed by atoms with Gasteiger partial charge in [0.15, 0.2) is 0 Å². The number of aliphatic hydroxyl groups excluding tert-OH is 1.